The molecule has 0 radical (unpaired) electrons. The van der Waals surface area contributed by atoms with Crippen molar-refractivity contribution in [3.63, 3.8) is 0 Å². The minimum Gasteiger partial charge on any atom is -0.314 e. The van der Waals surface area contributed by atoms with Gasteiger partial charge in [0, 0.05) is 12.5 Å². The predicted octanol–water partition coefficient (Wildman–Crippen LogP) is 1.32. The van der Waals surface area contributed by atoms with Crippen LogP contribution in [0.25, 0.3) is 0 Å². The van der Waals surface area contributed by atoms with Crippen LogP contribution in [0.5, 0.6) is 0 Å². The van der Waals surface area contributed by atoms with Crippen LogP contribution in [0, 0.1) is 16.0 Å². The molecule has 1 saturated carbocycles. The fourth-order valence-electron chi connectivity index (χ4n) is 1.91. The summed E-state index contributed by atoms with van der Waals surface area (Å²) in [4.78, 5) is 18.1. The smallest absolute Gasteiger partial charge is 0.305 e. The Labute approximate surface area is 99.6 Å². The molecular formula is C11H16N4O2. The lowest BCUT2D eigenvalue weighted by molar-refractivity contribution is -0.385. The highest BCUT2D eigenvalue weighted by Gasteiger charge is 2.31. The molecule has 1 aliphatic rings. The maximum atomic E-state index is 10.5. The van der Waals surface area contributed by atoms with Gasteiger partial charge < -0.3 is 5.32 Å². The van der Waals surface area contributed by atoms with Crippen molar-refractivity contribution in [2.75, 3.05) is 6.54 Å². The fourth-order valence-corrected chi connectivity index (χ4v) is 1.91. The second-order valence-electron chi connectivity index (χ2n) is 4.32. The topological polar surface area (TPSA) is 81.0 Å². The quantitative estimate of drug-likeness (QED) is 0.595. The van der Waals surface area contributed by atoms with Gasteiger partial charge in [-0.15, -0.1) is 0 Å². The zero-order valence-electron chi connectivity index (χ0n) is 9.80. The monoisotopic (exact) mass is 236 g/mol. The lowest BCUT2D eigenvalue weighted by Gasteiger charge is -2.15. The standard InChI is InChI=1S/C11H16N4O2/c1-2-12-10(8-3-4-8)5-11-13-6-9(7-14-11)15(16)17/h6-8,10,12H,2-5H2,1H3. The molecule has 1 aliphatic carbocycles. The van der Waals surface area contributed by atoms with E-state index in [4.69, 9.17) is 0 Å². The summed E-state index contributed by atoms with van der Waals surface area (Å²) in [6.45, 7) is 3.00. The van der Waals surface area contributed by atoms with Crippen LogP contribution in [0.2, 0.25) is 0 Å². The number of rotatable bonds is 6. The third kappa shape index (κ3) is 3.20. The number of hydrogen-bond donors (Lipinski definition) is 1. The van der Waals surface area contributed by atoms with Crippen LogP contribution in [0.15, 0.2) is 12.4 Å². The summed E-state index contributed by atoms with van der Waals surface area (Å²) in [5.41, 5.74) is -0.0554. The normalized spacial score (nSPS) is 16.8. The van der Waals surface area contributed by atoms with Gasteiger partial charge >= 0.3 is 5.69 Å². The Bertz CT molecular complexity index is 389. The van der Waals surface area contributed by atoms with E-state index >= 15 is 0 Å². The van der Waals surface area contributed by atoms with Gasteiger partial charge in [-0.2, -0.15) is 0 Å². The maximum absolute atomic E-state index is 10.5. The van der Waals surface area contributed by atoms with Gasteiger partial charge in [-0.3, -0.25) is 10.1 Å². The molecule has 0 bridgehead atoms. The van der Waals surface area contributed by atoms with Crippen molar-refractivity contribution in [3.8, 4) is 0 Å². The zero-order chi connectivity index (χ0) is 12.3. The number of likely N-dealkylation sites (N-methyl/N-ethyl adjacent to an activating group) is 1. The van der Waals surface area contributed by atoms with E-state index in [0.29, 0.717) is 17.8 Å². The van der Waals surface area contributed by atoms with E-state index in [0.717, 1.165) is 13.0 Å². The highest BCUT2D eigenvalue weighted by Crippen LogP contribution is 2.33. The molecule has 6 nitrogen and oxygen atoms in total. The first-order chi connectivity index (χ1) is 8.20. The average molecular weight is 236 g/mol. The van der Waals surface area contributed by atoms with Gasteiger partial charge in [0.05, 0.1) is 4.92 Å². The molecule has 0 amide bonds. The minimum atomic E-state index is -0.480. The van der Waals surface area contributed by atoms with E-state index in [2.05, 4.69) is 22.2 Å². The Kier molecular flexibility index (Phi) is 3.63. The van der Waals surface area contributed by atoms with E-state index in [9.17, 15) is 10.1 Å². The summed E-state index contributed by atoms with van der Waals surface area (Å²) in [5.74, 6) is 1.39. The van der Waals surface area contributed by atoms with E-state index in [-0.39, 0.29) is 5.69 Å². The zero-order valence-corrected chi connectivity index (χ0v) is 9.80. The summed E-state index contributed by atoms with van der Waals surface area (Å²) < 4.78 is 0. The summed E-state index contributed by atoms with van der Waals surface area (Å²) in [6, 6.07) is 0.404. The minimum absolute atomic E-state index is 0.0554. The molecule has 0 saturated heterocycles. The van der Waals surface area contributed by atoms with Gasteiger partial charge in [0.2, 0.25) is 0 Å². The Balaban J connectivity index is 1.99. The number of aromatic nitrogens is 2. The molecule has 1 aromatic heterocycles. The Morgan fingerprint density at radius 3 is 2.65 bits per heavy atom. The second kappa shape index (κ2) is 5.18. The predicted molar refractivity (Wildman–Crippen MR) is 62.6 cm³/mol. The van der Waals surface area contributed by atoms with Crippen molar-refractivity contribution in [2.45, 2.75) is 32.2 Å². The van der Waals surface area contributed by atoms with E-state index in [1.807, 2.05) is 0 Å². The van der Waals surface area contributed by atoms with E-state index in [1.165, 1.54) is 25.2 Å². The number of nitrogens with one attached hydrogen (secondary N) is 1. The fraction of sp³-hybridized carbons (Fsp3) is 0.636. The molecule has 1 N–H and O–H groups in total. The van der Waals surface area contributed by atoms with E-state index < -0.39 is 4.92 Å². The molecule has 1 fully saturated rings. The highest BCUT2D eigenvalue weighted by molar-refractivity contribution is 5.21. The molecule has 0 aliphatic heterocycles. The molecule has 1 atom stereocenters. The van der Waals surface area contributed by atoms with Gasteiger partial charge in [0.25, 0.3) is 0 Å². The molecule has 1 heterocycles. The van der Waals surface area contributed by atoms with Crippen molar-refractivity contribution in [1.29, 1.82) is 0 Å². The number of hydrogen-bond acceptors (Lipinski definition) is 5. The SMILES string of the molecule is CCNC(Cc1ncc([N+](=O)[O-])cn1)C1CC1. The van der Waals surface area contributed by atoms with Gasteiger partial charge in [0.15, 0.2) is 0 Å². The van der Waals surface area contributed by atoms with Crippen molar-refractivity contribution in [1.82, 2.24) is 15.3 Å². The van der Waals surface area contributed by atoms with Crippen LogP contribution < -0.4 is 5.32 Å². The lowest BCUT2D eigenvalue weighted by Crippen LogP contribution is -2.33. The summed E-state index contributed by atoms with van der Waals surface area (Å²) in [5, 5.41) is 13.9. The molecule has 0 aromatic carbocycles. The van der Waals surface area contributed by atoms with Crippen LogP contribution >= 0.6 is 0 Å². The Hall–Kier alpha value is -1.56. The second-order valence-corrected chi connectivity index (χ2v) is 4.32. The van der Waals surface area contributed by atoms with Crippen LogP contribution in [-0.4, -0.2) is 27.5 Å². The third-order valence-corrected chi connectivity index (χ3v) is 2.96. The third-order valence-electron chi connectivity index (χ3n) is 2.96. The molecule has 1 aromatic rings. The van der Waals surface area contributed by atoms with Gasteiger partial charge in [-0.25, -0.2) is 9.97 Å². The van der Waals surface area contributed by atoms with Crippen LogP contribution in [0.1, 0.15) is 25.6 Å². The van der Waals surface area contributed by atoms with Crippen LogP contribution in [0.3, 0.4) is 0 Å². The molecule has 6 heteroatoms. The average Bonchev–Trinajstić information content (AvgIpc) is 3.13. The Morgan fingerprint density at radius 1 is 1.53 bits per heavy atom. The Morgan fingerprint density at radius 2 is 2.18 bits per heavy atom. The first-order valence-electron chi connectivity index (χ1n) is 5.89. The summed E-state index contributed by atoms with van der Waals surface area (Å²) in [6.07, 6.45) is 5.81. The van der Waals surface area contributed by atoms with Crippen molar-refractivity contribution in [3.05, 3.63) is 28.3 Å². The molecule has 1 unspecified atom stereocenters. The number of nitro groups is 1. The molecular weight excluding hydrogens is 220 g/mol. The molecule has 17 heavy (non-hydrogen) atoms. The molecule has 0 spiro atoms. The molecule has 2 rings (SSSR count). The summed E-state index contributed by atoms with van der Waals surface area (Å²) >= 11 is 0. The van der Waals surface area contributed by atoms with Crippen LogP contribution in [0.4, 0.5) is 5.69 Å². The summed E-state index contributed by atoms with van der Waals surface area (Å²) in [7, 11) is 0. The van der Waals surface area contributed by atoms with Crippen molar-refractivity contribution >= 4 is 5.69 Å². The van der Waals surface area contributed by atoms with E-state index in [1.54, 1.807) is 0 Å². The largest absolute Gasteiger partial charge is 0.314 e. The maximum Gasteiger partial charge on any atom is 0.305 e. The van der Waals surface area contributed by atoms with Crippen LogP contribution in [-0.2, 0) is 6.42 Å². The number of nitrogens with zero attached hydrogens (tertiary/aromatic N) is 3. The van der Waals surface area contributed by atoms with Gasteiger partial charge in [-0.1, -0.05) is 6.92 Å². The first-order valence-corrected chi connectivity index (χ1v) is 5.89. The van der Waals surface area contributed by atoms with Crippen molar-refractivity contribution < 1.29 is 4.92 Å². The van der Waals surface area contributed by atoms with Gasteiger partial charge in [-0.05, 0) is 25.3 Å². The van der Waals surface area contributed by atoms with Gasteiger partial charge in [0.1, 0.15) is 18.2 Å². The lowest BCUT2D eigenvalue weighted by atomic mass is 10.1. The first kappa shape index (κ1) is 11.9. The highest BCUT2D eigenvalue weighted by atomic mass is 16.6. The molecule has 92 valence electrons. The van der Waals surface area contributed by atoms with Crippen molar-refractivity contribution in [2.24, 2.45) is 5.92 Å².